The van der Waals surface area contributed by atoms with Gasteiger partial charge in [0.1, 0.15) is 17.1 Å². The van der Waals surface area contributed by atoms with Crippen LogP contribution in [-0.4, -0.2) is 49.8 Å². The standard InChI is InChI=1S/C28H31N3O4/c1-28(2)22-15-23-24(34-26(22)21-9-8-20(32)14-25(21)35-28)7-4-11-31(23)27(33)19-6-3-5-18(13-19)16-30-12-10-29-17-30/h3,5-6,8-10,12-14,17,22-24,26,32H,4,7,11,15-16H2,1-2H3/t22-,23-,24-,26+/m0/s1. The number of carbonyl (C=O) groups excluding carboxylic acids is 1. The van der Waals surface area contributed by atoms with Gasteiger partial charge in [-0.05, 0) is 62.9 Å². The van der Waals surface area contributed by atoms with Crippen molar-refractivity contribution in [3.63, 3.8) is 0 Å². The van der Waals surface area contributed by atoms with Gasteiger partial charge in [0.2, 0.25) is 0 Å². The number of piperidine rings is 1. The van der Waals surface area contributed by atoms with Crippen molar-refractivity contribution in [1.82, 2.24) is 14.5 Å². The highest BCUT2D eigenvalue weighted by molar-refractivity contribution is 5.94. The number of ether oxygens (including phenoxy) is 2. The Labute approximate surface area is 205 Å². The molecule has 0 spiro atoms. The Hall–Kier alpha value is -3.32. The van der Waals surface area contributed by atoms with Crippen LogP contribution < -0.4 is 4.74 Å². The third-order valence-corrected chi connectivity index (χ3v) is 7.83. The van der Waals surface area contributed by atoms with E-state index in [0.29, 0.717) is 17.9 Å². The number of likely N-dealkylation sites (tertiary alicyclic amines) is 1. The summed E-state index contributed by atoms with van der Waals surface area (Å²) in [6.45, 7) is 5.57. The van der Waals surface area contributed by atoms with Crippen molar-refractivity contribution >= 4 is 5.91 Å². The van der Waals surface area contributed by atoms with E-state index in [0.717, 1.165) is 36.9 Å². The smallest absolute Gasteiger partial charge is 0.254 e. The van der Waals surface area contributed by atoms with E-state index < -0.39 is 5.60 Å². The molecule has 7 heteroatoms. The number of rotatable bonds is 3. The average Bonchev–Trinajstić information content (AvgIpc) is 3.35. The Morgan fingerprint density at radius 1 is 1.23 bits per heavy atom. The predicted octanol–water partition coefficient (Wildman–Crippen LogP) is 4.56. The van der Waals surface area contributed by atoms with Crippen LogP contribution in [0.25, 0.3) is 0 Å². The molecule has 0 aliphatic carbocycles. The van der Waals surface area contributed by atoms with E-state index in [1.165, 1.54) is 0 Å². The number of nitrogens with zero attached hydrogens (tertiary/aromatic N) is 3. The van der Waals surface area contributed by atoms with Crippen LogP contribution in [0.3, 0.4) is 0 Å². The average molecular weight is 474 g/mol. The van der Waals surface area contributed by atoms with Crippen LogP contribution in [0.1, 0.15) is 60.7 Å². The normalized spacial score (nSPS) is 26.7. The number of phenolic OH excluding ortho intramolecular Hbond substituents is 1. The summed E-state index contributed by atoms with van der Waals surface area (Å²) in [5.74, 6) is 1.04. The van der Waals surface area contributed by atoms with Crippen molar-refractivity contribution in [1.29, 1.82) is 0 Å². The quantitative estimate of drug-likeness (QED) is 0.604. The molecule has 2 fully saturated rings. The van der Waals surface area contributed by atoms with E-state index in [2.05, 4.69) is 18.8 Å². The van der Waals surface area contributed by atoms with Gasteiger partial charge in [-0.3, -0.25) is 4.79 Å². The topological polar surface area (TPSA) is 76.8 Å². The van der Waals surface area contributed by atoms with E-state index >= 15 is 0 Å². The van der Waals surface area contributed by atoms with Gasteiger partial charge in [0.15, 0.2) is 0 Å². The third kappa shape index (κ3) is 3.97. The summed E-state index contributed by atoms with van der Waals surface area (Å²) in [7, 11) is 0. The first kappa shape index (κ1) is 22.2. The first-order valence-corrected chi connectivity index (χ1v) is 12.4. The molecule has 0 bridgehead atoms. The maximum Gasteiger partial charge on any atom is 0.254 e. The lowest BCUT2D eigenvalue weighted by atomic mass is 9.72. The van der Waals surface area contributed by atoms with E-state index in [4.69, 9.17) is 9.47 Å². The fourth-order valence-electron chi connectivity index (χ4n) is 6.08. The number of amides is 1. The number of benzene rings is 2. The number of aromatic hydroxyl groups is 1. The summed E-state index contributed by atoms with van der Waals surface area (Å²) in [6, 6.07) is 13.2. The molecule has 7 nitrogen and oxygen atoms in total. The minimum Gasteiger partial charge on any atom is -0.508 e. The Morgan fingerprint density at radius 3 is 2.94 bits per heavy atom. The molecule has 3 aromatic rings. The first-order valence-electron chi connectivity index (χ1n) is 12.4. The van der Waals surface area contributed by atoms with E-state index in [1.807, 2.05) is 46.0 Å². The predicted molar refractivity (Wildman–Crippen MR) is 130 cm³/mol. The van der Waals surface area contributed by atoms with Crippen molar-refractivity contribution in [2.45, 2.75) is 63.5 Å². The van der Waals surface area contributed by atoms with E-state index in [9.17, 15) is 9.90 Å². The molecule has 0 saturated carbocycles. The van der Waals surface area contributed by atoms with Gasteiger partial charge in [0.25, 0.3) is 5.91 Å². The van der Waals surface area contributed by atoms with Gasteiger partial charge in [0, 0.05) is 48.6 Å². The number of aromatic nitrogens is 2. The van der Waals surface area contributed by atoms with E-state index in [-0.39, 0.29) is 35.8 Å². The molecule has 182 valence electrons. The monoisotopic (exact) mass is 473 g/mol. The minimum atomic E-state index is -0.479. The molecule has 4 atom stereocenters. The highest BCUT2D eigenvalue weighted by Crippen LogP contribution is 2.53. The molecule has 6 rings (SSSR count). The summed E-state index contributed by atoms with van der Waals surface area (Å²) in [4.78, 5) is 19.9. The van der Waals surface area contributed by atoms with Crippen molar-refractivity contribution in [3.8, 4) is 11.5 Å². The lowest BCUT2D eigenvalue weighted by Gasteiger charge is -2.54. The zero-order chi connectivity index (χ0) is 24.2. The Balaban J connectivity index is 1.27. The molecule has 1 amide bonds. The first-order chi connectivity index (χ1) is 16.9. The molecule has 3 aliphatic heterocycles. The third-order valence-electron chi connectivity index (χ3n) is 7.83. The Morgan fingerprint density at radius 2 is 2.11 bits per heavy atom. The SMILES string of the molecule is CC1(C)Oc2cc(O)ccc2[C@H]2O[C@H]3CCCN(C(=O)c4cccc(Cn5ccnc5)c4)[C@H]3C[C@@H]21. The summed E-state index contributed by atoms with van der Waals surface area (Å²) in [5.41, 5.74) is 2.29. The zero-order valence-corrected chi connectivity index (χ0v) is 20.1. The van der Waals surface area contributed by atoms with Crippen molar-refractivity contribution < 1.29 is 19.4 Å². The molecule has 2 aromatic carbocycles. The molecular formula is C28H31N3O4. The van der Waals surface area contributed by atoms with Crippen LogP contribution in [0.5, 0.6) is 11.5 Å². The number of carbonyl (C=O) groups is 1. The van der Waals surface area contributed by atoms with Crippen LogP contribution in [0.4, 0.5) is 0 Å². The number of hydrogen-bond acceptors (Lipinski definition) is 5. The molecule has 0 radical (unpaired) electrons. The second-order valence-electron chi connectivity index (χ2n) is 10.5. The largest absolute Gasteiger partial charge is 0.508 e. The second-order valence-corrected chi connectivity index (χ2v) is 10.5. The molecule has 4 heterocycles. The van der Waals surface area contributed by atoms with Crippen molar-refractivity contribution in [2.75, 3.05) is 6.54 Å². The Bertz CT molecular complexity index is 1240. The minimum absolute atomic E-state index is 0.0105. The Kier molecular flexibility index (Phi) is 5.33. The number of imidazole rings is 1. The van der Waals surface area contributed by atoms with Gasteiger partial charge in [-0.15, -0.1) is 0 Å². The second kappa shape index (κ2) is 8.41. The molecule has 1 N–H and O–H groups in total. The maximum atomic E-state index is 13.8. The van der Waals surface area contributed by atoms with E-state index in [1.54, 1.807) is 24.7 Å². The lowest BCUT2D eigenvalue weighted by Crippen LogP contribution is -2.60. The highest BCUT2D eigenvalue weighted by atomic mass is 16.5. The zero-order valence-electron chi connectivity index (χ0n) is 20.1. The van der Waals surface area contributed by atoms with Crippen LogP contribution in [0, 0.1) is 5.92 Å². The summed E-state index contributed by atoms with van der Waals surface area (Å²) < 4.78 is 15.1. The molecule has 35 heavy (non-hydrogen) atoms. The summed E-state index contributed by atoms with van der Waals surface area (Å²) >= 11 is 0. The van der Waals surface area contributed by atoms with Gasteiger partial charge in [-0.2, -0.15) is 0 Å². The fraction of sp³-hybridized carbons (Fsp3) is 0.429. The number of phenols is 1. The van der Waals surface area contributed by atoms with Crippen LogP contribution in [0.2, 0.25) is 0 Å². The maximum absolute atomic E-state index is 13.8. The van der Waals surface area contributed by atoms with Gasteiger partial charge in [-0.25, -0.2) is 4.98 Å². The molecule has 0 unspecified atom stereocenters. The van der Waals surface area contributed by atoms with Crippen LogP contribution in [-0.2, 0) is 11.3 Å². The molecule has 2 saturated heterocycles. The highest BCUT2D eigenvalue weighted by Gasteiger charge is 2.52. The summed E-state index contributed by atoms with van der Waals surface area (Å²) in [5, 5.41) is 9.97. The van der Waals surface area contributed by atoms with Crippen LogP contribution >= 0.6 is 0 Å². The van der Waals surface area contributed by atoms with Gasteiger partial charge in [0.05, 0.1) is 24.6 Å². The van der Waals surface area contributed by atoms with Gasteiger partial charge < -0.3 is 24.0 Å². The molecular weight excluding hydrogens is 442 g/mol. The molecule has 3 aliphatic rings. The molecule has 1 aromatic heterocycles. The van der Waals surface area contributed by atoms with Crippen molar-refractivity contribution in [3.05, 3.63) is 77.9 Å². The fourth-order valence-corrected chi connectivity index (χ4v) is 6.08. The summed E-state index contributed by atoms with van der Waals surface area (Å²) in [6.07, 6.45) is 8.02. The van der Waals surface area contributed by atoms with Crippen LogP contribution in [0.15, 0.2) is 61.2 Å². The van der Waals surface area contributed by atoms with Gasteiger partial charge in [-0.1, -0.05) is 12.1 Å². The number of hydrogen-bond donors (Lipinski definition) is 1. The van der Waals surface area contributed by atoms with Gasteiger partial charge >= 0.3 is 0 Å². The lowest BCUT2D eigenvalue weighted by molar-refractivity contribution is -0.183. The van der Waals surface area contributed by atoms with Crippen molar-refractivity contribution in [2.24, 2.45) is 5.92 Å². The number of fused-ring (bicyclic) bond motifs is 4.